The molecule has 3 unspecified atom stereocenters. The predicted octanol–water partition coefficient (Wildman–Crippen LogP) is 6.40. The number of nitrogens with one attached hydrogen (secondary N) is 1. The molecule has 4 aliphatic rings. The van der Waals surface area contributed by atoms with Crippen molar-refractivity contribution in [3.05, 3.63) is 28.8 Å². The quantitative estimate of drug-likeness (QED) is 0.199. The second-order valence-electron chi connectivity index (χ2n) is 13.5. The Kier molecular flexibility index (Phi) is 8.89. The van der Waals surface area contributed by atoms with Crippen LogP contribution in [-0.2, 0) is 13.0 Å². The van der Waals surface area contributed by atoms with E-state index in [0.29, 0.717) is 17.8 Å². The molecular weight excluding hydrogens is 496 g/mol. The fraction of sp³-hybridized carbons (Fsp3) is 0.765. The third-order valence-electron chi connectivity index (χ3n) is 11.9. The maximum atomic E-state index is 12.2. The van der Waals surface area contributed by atoms with E-state index in [-0.39, 0.29) is 12.0 Å². The molecule has 1 saturated heterocycles. The first-order valence-electron chi connectivity index (χ1n) is 16.3. The molecule has 216 valence electrons. The molecule has 5 atom stereocenters. The van der Waals surface area contributed by atoms with Crippen LogP contribution in [0.5, 0.6) is 0 Å². The number of anilines is 1. The van der Waals surface area contributed by atoms with Crippen LogP contribution in [0.15, 0.2) is 12.1 Å². The van der Waals surface area contributed by atoms with Crippen LogP contribution in [0.2, 0.25) is 18.1 Å². The van der Waals surface area contributed by atoms with Gasteiger partial charge in [-0.15, -0.1) is 5.54 Å². The Labute approximate surface area is 239 Å². The van der Waals surface area contributed by atoms with Gasteiger partial charge < -0.3 is 20.4 Å². The van der Waals surface area contributed by atoms with E-state index in [1.807, 2.05) is 0 Å². The van der Waals surface area contributed by atoms with Gasteiger partial charge in [-0.2, -0.15) is 0 Å². The summed E-state index contributed by atoms with van der Waals surface area (Å²) < 4.78 is 0. The average molecular weight is 551 g/mol. The lowest BCUT2D eigenvalue weighted by atomic mass is 9.53. The fourth-order valence-corrected chi connectivity index (χ4v) is 12.1. The molecule has 1 aliphatic heterocycles. The van der Waals surface area contributed by atoms with Gasteiger partial charge in [0.15, 0.2) is 0 Å². The van der Waals surface area contributed by atoms with E-state index in [9.17, 15) is 10.2 Å². The molecule has 0 bridgehead atoms. The van der Waals surface area contributed by atoms with E-state index in [1.54, 1.807) is 5.56 Å². The van der Waals surface area contributed by atoms with Gasteiger partial charge in [0.2, 0.25) is 0 Å². The van der Waals surface area contributed by atoms with Crippen LogP contribution < -0.4 is 10.2 Å². The van der Waals surface area contributed by atoms with Crippen LogP contribution in [0.3, 0.4) is 0 Å². The standard InChI is InChI=1S/C34H54N2O2Si/c1-5-8-9-21-39(6-2,7-3)22-16-34(38)15-13-31-29-11-10-26-23-27(25-37)32(36-19-17-35-18-20-36)24-30(26)28(29)12-14-33(31,34)4/h23-24,28-29,31,35,37-38H,5-15,17-21,25H2,1-4H3/t28?,29?,31?,33-,34+/m0/s1. The van der Waals surface area contributed by atoms with Crippen LogP contribution in [0.4, 0.5) is 5.69 Å². The molecule has 5 heteroatoms. The van der Waals surface area contributed by atoms with Crippen LogP contribution in [0, 0.1) is 28.7 Å². The number of benzene rings is 1. The van der Waals surface area contributed by atoms with E-state index in [4.69, 9.17) is 0 Å². The van der Waals surface area contributed by atoms with E-state index < -0.39 is 13.7 Å². The topological polar surface area (TPSA) is 55.7 Å². The third kappa shape index (κ3) is 5.25. The zero-order valence-corrected chi connectivity index (χ0v) is 26.2. The molecule has 4 nitrogen and oxygen atoms in total. The van der Waals surface area contributed by atoms with Gasteiger partial charge in [0.05, 0.1) is 6.61 Å². The molecule has 2 saturated carbocycles. The van der Waals surface area contributed by atoms with Gasteiger partial charge >= 0.3 is 0 Å². The second-order valence-corrected chi connectivity index (χ2v) is 18.3. The number of unbranched alkanes of at least 4 members (excludes halogenated alkanes) is 2. The Morgan fingerprint density at radius 3 is 2.51 bits per heavy atom. The third-order valence-corrected chi connectivity index (χ3v) is 16.5. The Balaban J connectivity index is 1.41. The van der Waals surface area contributed by atoms with Gasteiger partial charge in [-0.25, -0.2) is 0 Å². The maximum Gasteiger partial charge on any atom is 0.138 e. The predicted molar refractivity (Wildman–Crippen MR) is 166 cm³/mol. The Morgan fingerprint density at radius 1 is 1.05 bits per heavy atom. The molecule has 3 fully saturated rings. The van der Waals surface area contributed by atoms with Gasteiger partial charge in [0.25, 0.3) is 0 Å². The second kappa shape index (κ2) is 11.9. The molecule has 0 amide bonds. The van der Waals surface area contributed by atoms with Gasteiger partial charge in [0, 0.05) is 42.8 Å². The van der Waals surface area contributed by atoms with Crippen molar-refractivity contribution in [2.24, 2.45) is 17.3 Å². The first kappa shape index (κ1) is 29.2. The fourth-order valence-electron chi connectivity index (χ4n) is 9.00. The lowest BCUT2D eigenvalue weighted by Gasteiger charge is -2.52. The minimum absolute atomic E-state index is 0.101. The summed E-state index contributed by atoms with van der Waals surface area (Å²) in [5.74, 6) is 5.43. The first-order chi connectivity index (χ1) is 18.8. The molecular formula is C34H54N2O2Si. The highest BCUT2D eigenvalue weighted by Crippen LogP contribution is 2.64. The van der Waals surface area contributed by atoms with Gasteiger partial charge in [-0.1, -0.05) is 58.9 Å². The zero-order valence-electron chi connectivity index (χ0n) is 25.2. The normalized spacial score (nSPS) is 32.2. The number of piperazine rings is 1. The maximum absolute atomic E-state index is 12.2. The van der Waals surface area contributed by atoms with Gasteiger partial charge in [0.1, 0.15) is 13.7 Å². The van der Waals surface area contributed by atoms with Crippen molar-refractivity contribution in [1.29, 1.82) is 0 Å². The molecule has 3 aliphatic carbocycles. The summed E-state index contributed by atoms with van der Waals surface area (Å²) in [6.45, 7) is 13.5. The number of nitrogens with zero attached hydrogens (tertiary/aromatic N) is 1. The van der Waals surface area contributed by atoms with Crippen LogP contribution in [0.25, 0.3) is 0 Å². The van der Waals surface area contributed by atoms with Crippen molar-refractivity contribution >= 4 is 13.8 Å². The van der Waals surface area contributed by atoms with Crippen molar-refractivity contribution in [3.8, 4) is 11.5 Å². The van der Waals surface area contributed by atoms with E-state index >= 15 is 0 Å². The molecule has 5 rings (SSSR count). The average Bonchev–Trinajstić information content (AvgIpc) is 3.25. The molecule has 3 N–H and O–H groups in total. The van der Waals surface area contributed by atoms with E-state index in [2.05, 4.69) is 61.5 Å². The van der Waals surface area contributed by atoms with Gasteiger partial charge in [-0.05, 0) is 91.6 Å². The molecule has 0 aromatic heterocycles. The smallest absolute Gasteiger partial charge is 0.138 e. The van der Waals surface area contributed by atoms with Crippen LogP contribution in [0.1, 0.15) is 102 Å². The molecule has 39 heavy (non-hydrogen) atoms. The zero-order chi connectivity index (χ0) is 27.7. The molecule has 1 aromatic rings. The molecule has 0 spiro atoms. The Hall–Kier alpha value is -1.32. The molecule has 0 radical (unpaired) electrons. The summed E-state index contributed by atoms with van der Waals surface area (Å²) in [4.78, 5) is 2.47. The van der Waals surface area contributed by atoms with Crippen LogP contribution >= 0.6 is 0 Å². The monoisotopic (exact) mass is 550 g/mol. The van der Waals surface area contributed by atoms with Gasteiger partial charge in [-0.3, -0.25) is 0 Å². The van der Waals surface area contributed by atoms with Crippen molar-refractivity contribution in [2.75, 3.05) is 31.1 Å². The highest BCUT2D eigenvalue weighted by atomic mass is 28.3. The summed E-state index contributed by atoms with van der Waals surface area (Å²) in [5.41, 5.74) is 8.30. The van der Waals surface area contributed by atoms with Crippen LogP contribution in [-0.4, -0.2) is 50.1 Å². The minimum atomic E-state index is -1.65. The summed E-state index contributed by atoms with van der Waals surface area (Å²) in [6.07, 6.45) is 10.3. The number of rotatable bonds is 8. The van der Waals surface area contributed by atoms with E-state index in [0.717, 1.165) is 63.8 Å². The summed E-state index contributed by atoms with van der Waals surface area (Å²) in [6, 6.07) is 8.51. The largest absolute Gasteiger partial charge is 0.392 e. The van der Waals surface area contributed by atoms with E-state index in [1.165, 1.54) is 55.1 Å². The molecule has 1 heterocycles. The number of aliphatic hydroxyl groups excluding tert-OH is 1. The first-order valence-corrected chi connectivity index (χ1v) is 18.9. The number of fused-ring (bicyclic) bond motifs is 5. The van der Waals surface area contributed by atoms with Crippen molar-refractivity contribution < 1.29 is 10.2 Å². The Morgan fingerprint density at radius 2 is 1.82 bits per heavy atom. The highest BCUT2D eigenvalue weighted by Gasteiger charge is 2.61. The number of hydrogen-bond donors (Lipinski definition) is 3. The lowest BCUT2D eigenvalue weighted by molar-refractivity contribution is -0.0647. The summed E-state index contributed by atoms with van der Waals surface area (Å²) in [7, 11) is -1.65. The van der Waals surface area contributed by atoms with Crippen molar-refractivity contribution in [2.45, 2.75) is 122 Å². The minimum Gasteiger partial charge on any atom is -0.392 e. The number of aliphatic hydroxyl groups is 2. The highest BCUT2D eigenvalue weighted by molar-refractivity contribution is 6.87. The Bertz CT molecular complexity index is 1070. The summed E-state index contributed by atoms with van der Waals surface area (Å²) in [5, 5.41) is 25.9. The van der Waals surface area contributed by atoms with Crippen molar-refractivity contribution in [3.63, 3.8) is 0 Å². The SMILES string of the molecule is CCCCC[Si](C#C[C@]1(O)CCC2C3CCc4cc(CO)c(N5CCNCC5)cc4C3CC[C@@]21C)(CC)CC. The lowest BCUT2D eigenvalue weighted by Crippen LogP contribution is -2.50. The van der Waals surface area contributed by atoms with Crippen molar-refractivity contribution in [1.82, 2.24) is 5.32 Å². The summed E-state index contributed by atoms with van der Waals surface area (Å²) >= 11 is 0. The number of aryl methyl sites for hydroxylation is 1. The molecule has 1 aromatic carbocycles. The number of hydrogen-bond acceptors (Lipinski definition) is 4.